The molecule has 0 aliphatic rings. The van der Waals surface area contributed by atoms with Gasteiger partial charge in [0.2, 0.25) is 0 Å². The summed E-state index contributed by atoms with van der Waals surface area (Å²) in [6.07, 6.45) is 0. The first-order chi connectivity index (χ1) is 27.3. The Labute approximate surface area is 322 Å². The number of hydrogen-bond donors (Lipinski definition) is 0. The Bertz CT molecular complexity index is 3200. The van der Waals surface area contributed by atoms with Gasteiger partial charge in [-0.05, 0) is 92.7 Å². The molecule has 0 radical (unpaired) electrons. The van der Waals surface area contributed by atoms with Crippen molar-refractivity contribution < 1.29 is 4.42 Å². The second-order valence-corrected chi connectivity index (χ2v) is 15.1. The molecule has 11 aromatic rings. The van der Waals surface area contributed by atoms with Gasteiger partial charge in [0, 0.05) is 31.2 Å². The summed E-state index contributed by atoms with van der Waals surface area (Å²) >= 11 is 1.88. The highest BCUT2D eigenvalue weighted by molar-refractivity contribution is 7.26. The Kier molecular flexibility index (Phi) is 7.39. The van der Waals surface area contributed by atoms with Crippen molar-refractivity contribution in [2.45, 2.75) is 0 Å². The van der Waals surface area contributed by atoms with Gasteiger partial charge in [-0.25, -0.2) is 0 Å². The molecule has 0 atom stereocenters. The maximum atomic E-state index is 6.70. The molecule has 9 aromatic carbocycles. The summed E-state index contributed by atoms with van der Waals surface area (Å²) in [7, 11) is 0. The van der Waals surface area contributed by atoms with Gasteiger partial charge in [-0.15, -0.1) is 11.3 Å². The maximum Gasteiger partial charge on any atom is 0.137 e. The predicted octanol–water partition coefficient (Wildman–Crippen LogP) is 15.6. The van der Waals surface area contributed by atoms with Crippen LogP contribution >= 0.6 is 11.3 Å². The Morgan fingerprint density at radius 2 is 1.02 bits per heavy atom. The molecule has 11 rings (SSSR count). The van der Waals surface area contributed by atoms with Crippen LogP contribution in [0.3, 0.4) is 0 Å². The van der Waals surface area contributed by atoms with Crippen LogP contribution in [0.25, 0.3) is 86.3 Å². The van der Waals surface area contributed by atoms with Crippen LogP contribution in [-0.4, -0.2) is 0 Å². The number of nitrogens with zero attached hydrogens (tertiary/aromatic N) is 1. The van der Waals surface area contributed by atoms with Gasteiger partial charge in [-0.3, -0.25) is 0 Å². The average Bonchev–Trinajstić information content (AvgIpc) is 3.83. The molecule has 0 unspecified atom stereocenters. The quantitative estimate of drug-likeness (QED) is 0.170. The van der Waals surface area contributed by atoms with E-state index in [0.717, 1.165) is 44.6 Å². The van der Waals surface area contributed by atoms with E-state index in [1.54, 1.807) is 0 Å². The number of anilines is 3. The number of fused-ring (bicyclic) bond motifs is 7. The molecular weight excluding hydrogens is 687 g/mol. The van der Waals surface area contributed by atoms with Crippen molar-refractivity contribution >= 4 is 81.3 Å². The van der Waals surface area contributed by atoms with Crippen LogP contribution in [0.4, 0.5) is 17.1 Å². The first-order valence-corrected chi connectivity index (χ1v) is 19.5. The summed E-state index contributed by atoms with van der Waals surface area (Å²) in [6, 6.07) is 72.1. The van der Waals surface area contributed by atoms with E-state index in [9.17, 15) is 0 Å². The molecule has 0 saturated carbocycles. The predicted molar refractivity (Wildman–Crippen MR) is 235 cm³/mol. The lowest BCUT2D eigenvalue weighted by molar-refractivity contribution is 0.669. The number of rotatable bonds is 6. The standard InChI is InChI=1S/C52H33NOS/c1-4-13-34(14-5-1)39-24-27-43-48(32-39)54-47-22-12-21-45(50(43)47)53(41-26-23-36-17-10-11-20-38(36)31-41)46-30-29-42(37-18-8-3-9-19-37)52-51(46)44-28-25-40(33-49(44)55-52)35-15-6-2-7-16-35/h1-33H. The normalized spacial score (nSPS) is 11.6. The van der Waals surface area contributed by atoms with Gasteiger partial charge in [-0.1, -0.05) is 152 Å². The minimum atomic E-state index is 0.864. The van der Waals surface area contributed by atoms with Gasteiger partial charge < -0.3 is 9.32 Å². The lowest BCUT2D eigenvalue weighted by Gasteiger charge is -2.28. The summed E-state index contributed by atoms with van der Waals surface area (Å²) in [5.74, 6) is 0. The average molecular weight is 720 g/mol. The minimum Gasteiger partial charge on any atom is -0.456 e. The zero-order valence-electron chi connectivity index (χ0n) is 29.8. The summed E-state index contributed by atoms with van der Waals surface area (Å²) in [4.78, 5) is 2.46. The van der Waals surface area contributed by atoms with Crippen molar-refractivity contribution in [1.82, 2.24) is 0 Å². The van der Waals surface area contributed by atoms with Crippen LogP contribution < -0.4 is 4.90 Å². The molecule has 2 nitrogen and oxygen atoms in total. The molecule has 0 saturated heterocycles. The highest BCUT2D eigenvalue weighted by Gasteiger charge is 2.24. The summed E-state index contributed by atoms with van der Waals surface area (Å²) in [5.41, 5.74) is 12.2. The molecule has 3 heteroatoms. The molecule has 0 fully saturated rings. The third-order valence-electron chi connectivity index (χ3n) is 10.8. The van der Waals surface area contributed by atoms with Crippen LogP contribution in [0, 0.1) is 0 Å². The van der Waals surface area contributed by atoms with Crippen molar-refractivity contribution in [1.29, 1.82) is 0 Å². The largest absolute Gasteiger partial charge is 0.456 e. The van der Waals surface area contributed by atoms with Crippen LogP contribution in [0.1, 0.15) is 0 Å². The zero-order valence-corrected chi connectivity index (χ0v) is 30.6. The molecule has 258 valence electrons. The van der Waals surface area contributed by atoms with E-state index in [2.05, 4.69) is 205 Å². The molecule has 0 spiro atoms. The van der Waals surface area contributed by atoms with Crippen LogP contribution in [0.5, 0.6) is 0 Å². The van der Waals surface area contributed by atoms with Crippen molar-refractivity contribution in [2.24, 2.45) is 0 Å². The number of benzene rings is 9. The third-order valence-corrected chi connectivity index (χ3v) is 12.0. The highest BCUT2D eigenvalue weighted by atomic mass is 32.1. The molecular formula is C52H33NOS. The topological polar surface area (TPSA) is 16.4 Å². The van der Waals surface area contributed by atoms with Crippen LogP contribution in [0.2, 0.25) is 0 Å². The molecule has 0 amide bonds. The van der Waals surface area contributed by atoms with E-state index in [-0.39, 0.29) is 0 Å². The van der Waals surface area contributed by atoms with E-state index in [0.29, 0.717) is 0 Å². The SMILES string of the molecule is c1ccc(-c2ccc3c(c2)oc2cccc(N(c4ccc5ccccc5c4)c4ccc(-c5ccccc5)c5sc6cc(-c7ccccc7)ccc6c45)c23)cc1. The van der Waals surface area contributed by atoms with Crippen molar-refractivity contribution in [3.8, 4) is 33.4 Å². The van der Waals surface area contributed by atoms with E-state index in [4.69, 9.17) is 4.42 Å². The first-order valence-electron chi connectivity index (χ1n) is 18.7. The van der Waals surface area contributed by atoms with Gasteiger partial charge in [-0.2, -0.15) is 0 Å². The first kappa shape index (κ1) is 31.6. The second-order valence-electron chi connectivity index (χ2n) is 14.1. The summed E-state index contributed by atoms with van der Waals surface area (Å²) in [5, 5.41) is 7.08. The summed E-state index contributed by atoms with van der Waals surface area (Å²) < 4.78 is 9.23. The zero-order chi connectivity index (χ0) is 36.3. The Hall–Kier alpha value is -6.94. The molecule has 0 aliphatic heterocycles. The molecule has 0 aliphatic carbocycles. The fraction of sp³-hybridized carbons (Fsp3) is 0. The van der Waals surface area contributed by atoms with E-state index < -0.39 is 0 Å². The highest BCUT2D eigenvalue weighted by Crippen LogP contribution is 2.51. The lowest BCUT2D eigenvalue weighted by atomic mass is 9.98. The van der Waals surface area contributed by atoms with Crippen molar-refractivity contribution in [3.63, 3.8) is 0 Å². The number of furan rings is 1. The molecule has 0 N–H and O–H groups in total. The number of hydrogen-bond acceptors (Lipinski definition) is 3. The second kappa shape index (κ2) is 12.9. The van der Waals surface area contributed by atoms with E-state index in [1.807, 2.05) is 11.3 Å². The number of thiophene rings is 1. The minimum absolute atomic E-state index is 0.864. The molecule has 2 aromatic heterocycles. The summed E-state index contributed by atoms with van der Waals surface area (Å²) in [6.45, 7) is 0. The van der Waals surface area contributed by atoms with Crippen molar-refractivity contribution in [2.75, 3.05) is 4.90 Å². The Morgan fingerprint density at radius 3 is 1.76 bits per heavy atom. The monoisotopic (exact) mass is 719 g/mol. The van der Waals surface area contributed by atoms with E-state index in [1.165, 1.54) is 58.8 Å². The third kappa shape index (κ3) is 5.32. The molecule has 55 heavy (non-hydrogen) atoms. The van der Waals surface area contributed by atoms with E-state index >= 15 is 0 Å². The van der Waals surface area contributed by atoms with Gasteiger partial charge >= 0.3 is 0 Å². The van der Waals surface area contributed by atoms with Gasteiger partial charge in [0.15, 0.2) is 0 Å². The van der Waals surface area contributed by atoms with Crippen LogP contribution in [-0.2, 0) is 0 Å². The fourth-order valence-electron chi connectivity index (χ4n) is 8.23. The van der Waals surface area contributed by atoms with Gasteiger partial charge in [0.1, 0.15) is 11.2 Å². The van der Waals surface area contributed by atoms with Crippen LogP contribution in [0.15, 0.2) is 205 Å². The van der Waals surface area contributed by atoms with Gasteiger partial charge in [0.05, 0.1) is 16.8 Å². The molecule has 2 heterocycles. The lowest BCUT2D eigenvalue weighted by Crippen LogP contribution is -2.11. The van der Waals surface area contributed by atoms with Crippen molar-refractivity contribution in [3.05, 3.63) is 200 Å². The molecule has 0 bridgehead atoms. The van der Waals surface area contributed by atoms with Gasteiger partial charge in [0.25, 0.3) is 0 Å². The smallest absolute Gasteiger partial charge is 0.137 e. The Morgan fingerprint density at radius 1 is 0.382 bits per heavy atom. The fourth-order valence-corrected chi connectivity index (χ4v) is 9.53. The Balaban J connectivity index is 1.21. The maximum absolute atomic E-state index is 6.70.